The fourth-order valence-electron chi connectivity index (χ4n) is 3.62. The molecule has 5 nitrogen and oxygen atoms in total. The van der Waals surface area contributed by atoms with Gasteiger partial charge in [-0.1, -0.05) is 30.1 Å². The number of hydrogen-bond acceptors (Lipinski definition) is 6. The second-order valence-electron chi connectivity index (χ2n) is 7.45. The Kier molecular flexibility index (Phi) is 8.69. The molecule has 174 valence electrons. The summed E-state index contributed by atoms with van der Waals surface area (Å²) in [7, 11) is 0. The third-order valence-electron chi connectivity index (χ3n) is 5.09. The van der Waals surface area contributed by atoms with Gasteiger partial charge < -0.3 is 19.5 Å². The molecule has 0 saturated heterocycles. The summed E-state index contributed by atoms with van der Waals surface area (Å²) in [6.07, 6.45) is 0.435. The highest BCUT2D eigenvalue weighted by molar-refractivity contribution is 7.99. The molecule has 0 spiro atoms. The third kappa shape index (κ3) is 7.06. The van der Waals surface area contributed by atoms with Gasteiger partial charge in [0.15, 0.2) is 5.78 Å². The van der Waals surface area contributed by atoms with Gasteiger partial charge >= 0.3 is 6.36 Å². The smallest absolute Gasteiger partial charge is 0.491 e. The molecule has 0 radical (unpaired) electrons. The number of alkyl halides is 3. The number of carbonyl (C=O) groups is 1. The van der Waals surface area contributed by atoms with Crippen molar-refractivity contribution in [2.24, 2.45) is 0 Å². The van der Waals surface area contributed by atoms with Crippen molar-refractivity contribution >= 4 is 23.4 Å². The van der Waals surface area contributed by atoms with Crippen LogP contribution in [0.3, 0.4) is 0 Å². The van der Waals surface area contributed by atoms with Crippen LogP contribution in [0.15, 0.2) is 36.4 Å². The minimum atomic E-state index is -4.70. The number of Topliss-reactive ketones (excluding diaryl/α,β-unsaturated/α-hetero) is 1. The van der Waals surface area contributed by atoms with Crippen molar-refractivity contribution in [3.63, 3.8) is 0 Å². The Morgan fingerprint density at radius 2 is 2.00 bits per heavy atom. The van der Waals surface area contributed by atoms with Crippen molar-refractivity contribution in [1.82, 2.24) is 5.32 Å². The van der Waals surface area contributed by atoms with E-state index in [2.05, 4.69) is 14.8 Å². The SMILES string of the molecule is CSNc1cc(C(=O)CCCCNCCc2ccccc2OC(F)(F)F)cc2c1OCC2. The van der Waals surface area contributed by atoms with Crippen molar-refractivity contribution in [2.45, 2.75) is 38.5 Å². The molecule has 0 aliphatic carbocycles. The molecule has 3 rings (SSSR count). The fraction of sp³-hybridized carbons (Fsp3) is 0.435. The van der Waals surface area contributed by atoms with Gasteiger partial charge in [-0.05, 0) is 56.1 Å². The lowest BCUT2D eigenvalue weighted by Crippen LogP contribution is -2.21. The first-order chi connectivity index (χ1) is 15.4. The van der Waals surface area contributed by atoms with Crippen LogP contribution >= 0.6 is 11.9 Å². The van der Waals surface area contributed by atoms with Crippen molar-refractivity contribution in [3.8, 4) is 11.5 Å². The van der Waals surface area contributed by atoms with Crippen LogP contribution in [0.5, 0.6) is 11.5 Å². The van der Waals surface area contributed by atoms with Gasteiger partial charge in [0, 0.05) is 30.2 Å². The predicted molar refractivity (Wildman–Crippen MR) is 121 cm³/mol. The van der Waals surface area contributed by atoms with E-state index in [1.54, 1.807) is 12.1 Å². The van der Waals surface area contributed by atoms with E-state index in [0.29, 0.717) is 43.7 Å². The summed E-state index contributed by atoms with van der Waals surface area (Å²) in [5, 5.41) is 3.22. The van der Waals surface area contributed by atoms with Crippen LogP contribution in [0.4, 0.5) is 18.9 Å². The number of rotatable bonds is 12. The number of para-hydroxylation sites is 1. The Bertz CT molecular complexity index is 922. The van der Waals surface area contributed by atoms with Crippen molar-refractivity contribution < 1.29 is 27.4 Å². The minimum Gasteiger partial charge on any atom is -0.491 e. The Morgan fingerprint density at radius 1 is 1.19 bits per heavy atom. The second kappa shape index (κ2) is 11.5. The number of nitrogens with one attached hydrogen (secondary N) is 2. The molecule has 0 unspecified atom stereocenters. The molecule has 0 atom stereocenters. The number of halogens is 3. The third-order valence-corrected chi connectivity index (χ3v) is 5.52. The van der Waals surface area contributed by atoms with Gasteiger partial charge in [-0.15, -0.1) is 13.2 Å². The average molecular weight is 469 g/mol. The van der Waals surface area contributed by atoms with E-state index in [9.17, 15) is 18.0 Å². The highest BCUT2D eigenvalue weighted by Gasteiger charge is 2.31. The standard InChI is InChI=1S/C23H27F3N2O3S/c1-32-28-19-15-18(14-17-10-13-30-22(17)19)20(29)7-4-5-11-27-12-9-16-6-2-3-8-21(16)31-23(24,25)26/h2-3,6,8,14-15,27-28H,4-5,7,9-13H2,1H3. The maximum absolute atomic E-state index is 12.6. The van der Waals surface area contributed by atoms with Crippen molar-refractivity contribution in [2.75, 3.05) is 30.7 Å². The maximum Gasteiger partial charge on any atom is 0.573 e. The summed E-state index contributed by atoms with van der Waals surface area (Å²) in [6.45, 7) is 1.85. The van der Waals surface area contributed by atoms with Gasteiger partial charge in [0.05, 0.1) is 12.3 Å². The Labute approximate surface area is 190 Å². The van der Waals surface area contributed by atoms with E-state index in [0.717, 1.165) is 36.3 Å². The molecule has 0 fully saturated rings. The molecule has 0 bridgehead atoms. The normalized spacial score (nSPS) is 12.9. The van der Waals surface area contributed by atoms with Crippen LogP contribution in [0.1, 0.15) is 40.7 Å². The van der Waals surface area contributed by atoms with Gasteiger partial charge in [0.25, 0.3) is 0 Å². The molecular formula is C23H27F3N2O3S. The lowest BCUT2D eigenvalue weighted by Gasteiger charge is -2.13. The van der Waals surface area contributed by atoms with Crippen LogP contribution < -0.4 is 19.5 Å². The summed E-state index contributed by atoms with van der Waals surface area (Å²) < 4.78 is 50.4. The first-order valence-corrected chi connectivity index (χ1v) is 11.8. The summed E-state index contributed by atoms with van der Waals surface area (Å²) in [6, 6.07) is 9.93. The lowest BCUT2D eigenvalue weighted by atomic mass is 10.0. The van der Waals surface area contributed by atoms with E-state index in [1.165, 1.54) is 24.1 Å². The molecule has 0 saturated carbocycles. The summed E-state index contributed by atoms with van der Waals surface area (Å²) in [5.74, 6) is 0.770. The summed E-state index contributed by atoms with van der Waals surface area (Å²) in [4.78, 5) is 12.6. The number of unbranched alkanes of at least 4 members (excludes halogenated alkanes) is 1. The number of hydrogen-bond donors (Lipinski definition) is 2. The number of carbonyl (C=O) groups excluding carboxylic acids is 1. The van der Waals surface area contributed by atoms with Gasteiger partial charge in [-0.3, -0.25) is 4.79 Å². The van der Waals surface area contributed by atoms with E-state index < -0.39 is 6.36 Å². The van der Waals surface area contributed by atoms with E-state index in [1.807, 2.05) is 18.4 Å². The van der Waals surface area contributed by atoms with Crippen LogP contribution in [0.2, 0.25) is 0 Å². The summed E-state index contributed by atoms with van der Waals surface area (Å²) in [5.41, 5.74) is 3.10. The van der Waals surface area contributed by atoms with E-state index >= 15 is 0 Å². The molecule has 32 heavy (non-hydrogen) atoms. The molecule has 0 aromatic heterocycles. The topological polar surface area (TPSA) is 59.6 Å². The Hall–Kier alpha value is -2.39. The highest BCUT2D eigenvalue weighted by Crippen LogP contribution is 2.36. The fourth-order valence-corrected chi connectivity index (χ4v) is 3.99. The Morgan fingerprint density at radius 3 is 2.78 bits per heavy atom. The van der Waals surface area contributed by atoms with Crippen molar-refractivity contribution in [3.05, 3.63) is 53.1 Å². The van der Waals surface area contributed by atoms with E-state index in [-0.39, 0.29) is 11.5 Å². The molecule has 2 aromatic carbocycles. The molecule has 2 aromatic rings. The average Bonchev–Trinajstić information content (AvgIpc) is 3.22. The van der Waals surface area contributed by atoms with Crippen LogP contribution in [-0.4, -0.2) is 38.1 Å². The molecule has 2 N–H and O–H groups in total. The largest absolute Gasteiger partial charge is 0.573 e. The number of anilines is 1. The zero-order valence-corrected chi connectivity index (χ0v) is 18.7. The maximum atomic E-state index is 12.6. The molecule has 0 amide bonds. The van der Waals surface area contributed by atoms with Crippen LogP contribution in [-0.2, 0) is 12.8 Å². The molecular weight excluding hydrogens is 441 g/mol. The molecule has 9 heteroatoms. The number of benzene rings is 2. The van der Waals surface area contributed by atoms with Gasteiger partial charge in [-0.25, -0.2) is 0 Å². The monoisotopic (exact) mass is 468 g/mol. The molecule has 1 aliphatic heterocycles. The van der Waals surface area contributed by atoms with Gasteiger partial charge in [-0.2, -0.15) is 0 Å². The predicted octanol–water partition coefficient (Wildman–Crippen LogP) is 5.40. The minimum absolute atomic E-state index is 0.0991. The van der Waals surface area contributed by atoms with Crippen LogP contribution in [0, 0.1) is 0 Å². The summed E-state index contributed by atoms with van der Waals surface area (Å²) >= 11 is 1.46. The number of ketones is 1. The van der Waals surface area contributed by atoms with Crippen LogP contribution in [0.25, 0.3) is 0 Å². The van der Waals surface area contributed by atoms with E-state index in [4.69, 9.17) is 4.74 Å². The lowest BCUT2D eigenvalue weighted by molar-refractivity contribution is -0.274. The van der Waals surface area contributed by atoms with Gasteiger partial charge in [0.1, 0.15) is 11.5 Å². The zero-order chi connectivity index (χ0) is 23.0. The molecule has 1 heterocycles. The quantitative estimate of drug-likeness (QED) is 0.247. The zero-order valence-electron chi connectivity index (χ0n) is 17.9. The van der Waals surface area contributed by atoms with Crippen molar-refractivity contribution in [1.29, 1.82) is 0 Å². The number of ether oxygens (including phenoxy) is 2. The second-order valence-corrected chi connectivity index (χ2v) is 8.06. The highest BCUT2D eigenvalue weighted by atomic mass is 32.2. The van der Waals surface area contributed by atoms with Gasteiger partial charge in [0.2, 0.25) is 0 Å². The first-order valence-electron chi connectivity index (χ1n) is 10.5. The number of fused-ring (bicyclic) bond motifs is 1. The Balaban J connectivity index is 1.39. The molecule has 1 aliphatic rings. The first kappa shape index (κ1) is 24.3.